The van der Waals surface area contributed by atoms with E-state index in [9.17, 15) is 9.59 Å². The zero-order valence-electron chi connectivity index (χ0n) is 14.9. The van der Waals surface area contributed by atoms with Crippen molar-refractivity contribution < 1.29 is 23.8 Å². The van der Waals surface area contributed by atoms with Crippen LogP contribution in [0.1, 0.15) is 31.2 Å². The summed E-state index contributed by atoms with van der Waals surface area (Å²) in [7, 11) is 1.45. The quantitative estimate of drug-likeness (QED) is 0.591. The summed E-state index contributed by atoms with van der Waals surface area (Å²) in [6.07, 6.45) is -0.797. The Morgan fingerprint density at radius 3 is 2.52 bits per heavy atom. The van der Waals surface area contributed by atoms with Gasteiger partial charge in [-0.25, -0.2) is 0 Å². The molecule has 1 aliphatic rings. The lowest BCUT2D eigenvalue weighted by molar-refractivity contribution is -0.135. The molecular formula is C19H17ClN2O5. The Morgan fingerprint density at radius 1 is 1.15 bits per heavy atom. The fourth-order valence-corrected chi connectivity index (χ4v) is 2.82. The number of hydrazone groups is 1. The first-order valence-electron chi connectivity index (χ1n) is 8.07. The lowest BCUT2D eigenvalue weighted by Crippen LogP contribution is -2.25. The number of amides is 1. The van der Waals surface area contributed by atoms with Crippen LogP contribution >= 0.6 is 11.6 Å². The molecule has 0 aliphatic carbocycles. The van der Waals surface area contributed by atoms with Crippen molar-refractivity contribution in [3.8, 4) is 11.5 Å². The molecule has 27 heavy (non-hydrogen) atoms. The summed E-state index contributed by atoms with van der Waals surface area (Å²) in [6.45, 7) is 2.69. The minimum atomic E-state index is -0.797. The monoisotopic (exact) mass is 388 g/mol. The predicted molar refractivity (Wildman–Crippen MR) is 98.6 cm³/mol. The minimum absolute atomic E-state index is 0.240. The Balaban J connectivity index is 1.96. The Hall–Kier alpha value is -3.06. The van der Waals surface area contributed by atoms with Crippen LogP contribution in [0, 0.1) is 0 Å². The van der Waals surface area contributed by atoms with E-state index in [2.05, 4.69) is 5.10 Å². The zero-order chi connectivity index (χ0) is 19.6. The van der Waals surface area contributed by atoms with Crippen molar-refractivity contribution in [1.82, 2.24) is 5.01 Å². The van der Waals surface area contributed by atoms with E-state index in [1.54, 1.807) is 42.5 Å². The molecule has 140 valence electrons. The van der Waals surface area contributed by atoms with E-state index in [1.165, 1.54) is 26.0 Å². The number of methoxy groups -OCH3 is 1. The van der Waals surface area contributed by atoms with Gasteiger partial charge in [-0.2, -0.15) is 5.01 Å². The molecule has 2 aromatic rings. The van der Waals surface area contributed by atoms with E-state index in [0.717, 1.165) is 0 Å². The molecule has 8 heteroatoms. The largest absolute Gasteiger partial charge is 0.493 e. The molecule has 1 heterocycles. The molecule has 3 rings (SSSR count). The van der Waals surface area contributed by atoms with Crippen LogP contribution in [0.25, 0.3) is 0 Å². The van der Waals surface area contributed by atoms with Crippen LogP contribution in [0.5, 0.6) is 11.5 Å². The summed E-state index contributed by atoms with van der Waals surface area (Å²) in [5.41, 5.74) is 1.18. The van der Waals surface area contributed by atoms with Gasteiger partial charge in [0.1, 0.15) is 0 Å². The van der Waals surface area contributed by atoms with Crippen LogP contribution in [0.2, 0.25) is 5.02 Å². The van der Waals surface area contributed by atoms with Crippen molar-refractivity contribution in [2.75, 3.05) is 7.11 Å². The van der Waals surface area contributed by atoms with E-state index in [4.69, 9.17) is 25.8 Å². The van der Waals surface area contributed by atoms with Gasteiger partial charge >= 0.3 is 5.97 Å². The first-order valence-corrected chi connectivity index (χ1v) is 8.45. The third kappa shape index (κ3) is 3.88. The molecule has 0 radical (unpaired) electrons. The lowest BCUT2D eigenvalue weighted by Gasteiger charge is -2.20. The molecule has 1 atom stereocenters. The zero-order valence-corrected chi connectivity index (χ0v) is 15.7. The standard InChI is InChI=1S/C19H17ClN2O5/c1-11(23)22-19(27-18(21-22)14-6-4-5-7-15(14)20)13-8-9-16(26-12(2)24)17(10-13)25-3/h4-10,19H,1-3H3. The third-order valence-corrected chi connectivity index (χ3v) is 4.13. The van der Waals surface area contributed by atoms with Gasteiger partial charge in [-0.15, -0.1) is 5.10 Å². The van der Waals surface area contributed by atoms with Crippen molar-refractivity contribution in [3.63, 3.8) is 0 Å². The minimum Gasteiger partial charge on any atom is -0.493 e. The number of benzene rings is 2. The van der Waals surface area contributed by atoms with Gasteiger partial charge in [0.25, 0.3) is 0 Å². The summed E-state index contributed by atoms with van der Waals surface area (Å²) >= 11 is 6.21. The van der Waals surface area contributed by atoms with Crippen LogP contribution in [-0.2, 0) is 14.3 Å². The van der Waals surface area contributed by atoms with Crippen molar-refractivity contribution in [2.45, 2.75) is 20.1 Å². The van der Waals surface area contributed by atoms with Gasteiger partial charge in [-0.3, -0.25) is 9.59 Å². The Kier molecular flexibility index (Phi) is 5.32. The van der Waals surface area contributed by atoms with Crippen LogP contribution in [-0.4, -0.2) is 29.9 Å². The number of carbonyl (C=O) groups is 2. The number of hydrogen-bond donors (Lipinski definition) is 0. The third-order valence-electron chi connectivity index (χ3n) is 3.80. The van der Waals surface area contributed by atoms with Gasteiger partial charge in [0.15, 0.2) is 11.5 Å². The Morgan fingerprint density at radius 2 is 1.89 bits per heavy atom. The normalized spacial score (nSPS) is 15.8. The number of ether oxygens (including phenoxy) is 3. The SMILES string of the molecule is COc1cc(C2OC(c3ccccc3Cl)=NN2C(C)=O)ccc1OC(C)=O. The summed E-state index contributed by atoms with van der Waals surface area (Å²) in [5.74, 6) is 0.0798. The highest BCUT2D eigenvalue weighted by Crippen LogP contribution is 2.36. The van der Waals surface area contributed by atoms with Crippen molar-refractivity contribution in [3.05, 3.63) is 58.6 Å². The Labute approximate surface area is 161 Å². The molecule has 0 N–H and O–H groups in total. The summed E-state index contributed by atoms with van der Waals surface area (Å²) in [5, 5.41) is 5.95. The maximum absolute atomic E-state index is 12.1. The second kappa shape index (κ2) is 7.67. The van der Waals surface area contributed by atoms with E-state index in [1.807, 2.05) is 0 Å². The molecule has 1 amide bonds. The molecule has 1 aliphatic heterocycles. The number of nitrogens with zero attached hydrogens (tertiary/aromatic N) is 2. The van der Waals surface area contributed by atoms with Crippen molar-refractivity contribution >= 4 is 29.4 Å². The van der Waals surface area contributed by atoms with E-state index in [-0.39, 0.29) is 17.6 Å². The van der Waals surface area contributed by atoms with E-state index < -0.39 is 12.2 Å². The average molecular weight is 389 g/mol. The topological polar surface area (TPSA) is 77.4 Å². The number of hydrogen-bond acceptors (Lipinski definition) is 6. The van der Waals surface area contributed by atoms with Crippen LogP contribution in [0.3, 0.4) is 0 Å². The Bertz CT molecular complexity index is 928. The van der Waals surface area contributed by atoms with Crippen molar-refractivity contribution in [1.29, 1.82) is 0 Å². The fourth-order valence-electron chi connectivity index (χ4n) is 2.60. The average Bonchev–Trinajstić information content (AvgIpc) is 3.07. The van der Waals surface area contributed by atoms with E-state index in [0.29, 0.717) is 21.9 Å². The number of carbonyl (C=O) groups excluding carboxylic acids is 2. The maximum Gasteiger partial charge on any atom is 0.308 e. The van der Waals surface area contributed by atoms with Crippen LogP contribution in [0.15, 0.2) is 47.6 Å². The van der Waals surface area contributed by atoms with Crippen LogP contribution < -0.4 is 9.47 Å². The van der Waals surface area contributed by atoms with Gasteiger partial charge in [0.2, 0.25) is 18.0 Å². The van der Waals surface area contributed by atoms with Gasteiger partial charge in [-0.05, 0) is 30.3 Å². The molecule has 7 nitrogen and oxygen atoms in total. The molecule has 0 spiro atoms. The number of rotatable bonds is 4. The van der Waals surface area contributed by atoms with Gasteiger partial charge < -0.3 is 14.2 Å². The molecular weight excluding hydrogens is 372 g/mol. The second-order valence-electron chi connectivity index (χ2n) is 5.72. The van der Waals surface area contributed by atoms with Gasteiger partial charge in [0, 0.05) is 19.4 Å². The summed E-state index contributed by atoms with van der Waals surface area (Å²) < 4.78 is 16.3. The molecule has 0 aromatic heterocycles. The molecule has 2 aromatic carbocycles. The maximum atomic E-state index is 12.1. The van der Waals surface area contributed by atoms with E-state index >= 15 is 0 Å². The highest BCUT2D eigenvalue weighted by molar-refractivity contribution is 6.33. The lowest BCUT2D eigenvalue weighted by atomic mass is 10.1. The van der Waals surface area contributed by atoms with Crippen molar-refractivity contribution in [2.24, 2.45) is 5.10 Å². The smallest absolute Gasteiger partial charge is 0.308 e. The highest BCUT2D eigenvalue weighted by atomic mass is 35.5. The number of halogens is 1. The summed E-state index contributed by atoms with van der Waals surface area (Å²) in [4.78, 5) is 23.3. The molecule has 0 bridgehead atoms. The first-order chi connectivity index (χ1) is 12.9. The first kappa shape index (κ1) is 18.7. The highest BCUT2D eigenvalue weighted by Gasteiger charge is 2.34. The molecule has 0 saturated carbocycles. The molecule has 1 unspecified atom stereocenters. The molecule has 0 fully saturated rings. The van der Waals surface area contributed by atoms with Gasteiger partial charge in [-0.1, -0.05) is 23.7 Å². The van der Waals surface area contributed by atoms with Crippen LogP contribution in [0.4, 0.5) is 0 Å². The predicted octanol–water partition coefficient (Wildman–Crippen LogP) is 3.51. The second-order valence-corrected chi connectivity index (χ2v) is 6.13. The summed E-state index contributed by atoms with van der Waals surface area (Å²) in [6, 6.07) is 11.9. The number of esters is 1. The fraction of sp³-hybridized carbons (Fsp3) is 0.211. The molecule has 0 saturated heterocycles. The van der Waals surface area contributed by atoms with Gasteiger partial charge in [0.05, 0.1) is 17.7 Å².